The number of amides is 1. The summed E-state index contributed by atoms with van der Waals surface area (Å²) in [4.78, 5) is 18.5. The number of carbonyl (C=O) groups excluding carboxylic acids is 1. The van der Waals surface area contributed by atoms with E-state index in [1.807, 2.05) is 18.3 Å². The maximum atomic E-state index is 11.1. The van der Waals surface area contributed by atoms with Gasteiger partial charge in [-0.05, 0) is 31.7 Å². The molecule has 1 atom stereocenters. The Labute approximate surface area is 116 Å². The molecule has 4 nitrogen and oxygen atoms in total. The largest absolute Gasteiger partial charge is 0.366 e. The molecule has 0 radical (unpaired) electrons. The van der Waals surface area contributed by atoms with E-state index in [9.17, 15) is 4.79 Å². The van der Waals surface area contributed by atoms with Crippen LogP contribution in [0.5, 0.6) is 0 Å². The fourth-order valence-electron chi connectivity index (χ4n) is 1.85. The lowest BCUT2D eigenvalue weighted by atomic mass is 10.1. The molecule has 0 aromatic carbocycles. The monoisotopic (exact) mass is 275 g/mol. The highest BCUT2D eigenvalue weighted by Crippen LogP contribution is 2.22. The highest BCUT2D eigenvalue weighted by atomic mass is 32.1. The predicted molar refractivity (Wildman–Crippen MR) is 77.0 cm³/mol. The van der Waals surface area contributed by atoms with Gasteiger partial charge in [0, 0.05) is 35.2 Å². The molecule has 19 heavy (non-hydrogen) atoms. The number of pyridine rings is 1. The highest BCUT2D eigenvalue weighted by Gasteiger charge is 2.13. The van der Waals surface area contributed by atoms with Gasteiger partial charge in [0.15, 0.2) is 0 Å². The van der Waals surface area contributed by atoms with E-state index < -0.39 is 0 Å². The topological polar surface area (TPSA) is 59.2 Å². The van der Waals surface area contributed by atoms with Crippen LogP contribution in [0.15, 0.2) is 36.0 Å². The van der Waals surface area contributed by atoms with Crippen LogP contribution in [0, 0.1) is 0 Å². The highest BCUT2D eigenvalue weighted by molar-refractivity contribution is 7.10. The van der Waals surface area contributed by atoms with Gasteiger partial charge in [-0.3, -0.25) is 14.7 Å². The standard InChI is InChI=1S/C14H17N3OS/c1-10(11-4-3-5-16-7-11)17(2)8-13-6-12(9-19-13)14(15)18/h3-7,9-10H,8H2,1-2H3,(H2,15,18). The van der Waals surface area contributed by atoms with E-state index >= 15 is 0 Å². The van der Waals surface area contributed by atoms with Crippen molar-refractivity contribution in [3.63, 3.8) is 0 Å². The summed E-state index contributed by atoms with van der Waals surface area (Å²) >= 11 is 1.56. The van der Waals surface area contributed by atoms with Gasteiger partial charge in [-0.2, -0.15) is 0 Å². The molecule has 2 aromatic rings. The average molecular weight is 275 g/mol. The van der Waals surface area contributed by atoms with Gasteiger partial charge in [0.25, 0.3) is 0 Å². The van der Waals surface area contributed by atoms with Crippen molar-refractivity contribution in [3.05, 3.63) is 52.0 Å². The van der Waals surface area contributed by atoms with Crippen molar-refractivity contribution in [1.29, 1.82) is 0 Å². The molecule has 2 aromatic heterocycles. The molecule has 0 aliphatic rings. The molecule has 5 heteroatoms. The van der Waals surface area contributed by atoms with Crippen LogP contribution in [0.1, 0.15) is 33.8 Å². The first-order valence-electron chi connectivity index (χ1n) is 6.05. The lowest BCUT2D eigenvalue weighted by molar-refractivity contribution is 0.100. The minimum Gasteiger partial charge on any atom is -0.366 e. The zero-order valence-corrected chi connectivity index (χ0v) is 11.9. The van der Waals surface area contributed by atoms with Crippen molar-refractivity contribution in [2.75, 3.05) is 7.05 Å². The molecular weight excluding hydrogens is 258 g/mol. The average Bonchev–Trinajstić information content (AvgIpc) is 2.87. The summed E-state index contributed by atoms with van der Waals surface area (Å²) in [6.07, 6.45) is 3.65. The number of primary amides is 1. The lowest BCUT2D eigenvalue weighted by Crippen LogP contribution is -2.21. The Hall–Kier alpha value is -1.72. The van der Waals surface area contributed by atoms with E-state index in [0.717, 1.165) is 11.4 Å². The quantitative estimate of drug-likeness (QED) is 0.911. The van der Waals surface area contributed by atoms with Crippen LogP contribution >= 0.6 is 11.3 Å². The Balaban J connectivity index is 2.04. The molecule has 0 aliphatic carbocycles. The number of aromatic nitrogens is 1. The van der Waals surface area contributed by atoms with Gasteiger partial charge >= 0.3 is 0 Å². The molecule has 1 unspecified atom stereocenters. The number of hydrogen-bond acceptors (Lipinski definition) is 4. The first kappa shape index (κ1) is 13.7. The van der Waals surface area contributed by atoms with E-state index in [-0.39, 0.29) is 11.9 Å². The van der Waals surface area contributed by atoms with E-state index in [0.29, 0.717) is 5.56 Å². The fraction of sp³-hybridized carbons (Fsp3) is 0.286. The second-order valence-electron chi connectivity index (χ2n) is 4.54. The van der Waals surface area contributed by atoms with Crippen molar-refractivity contribution < 1.29 is 4.79 Å². The summed E-state index contributed by atoms with van der Waals surface area (Å²) in [5, 5.41) is 1.81. The summed E-state index contributed by atoms with van der Waals surface area (Å²) in [6, 6.07) is 6.14. The first-order valence-corrected chi connectivity index (χ1v) is 6.93. The van der Waals surface area contributed by atoms with Gasteiger partial charge < -0.3 is 5.73 Å². The third-order valence-electron chi connectivity index (χ3n) is 3.17. The molecule has 0 spiro atoms. The molecule has 0 bridgehead atoms. The molecule has 2 rings (SSSR count). The van der Waals surface area contributed by atoms with Gasteiger partial charge in [-0.15, -0.1) is 11.3 Å². The zero-order chi connectivity index (χ0) is 13.8. The maximum Gasteiger partial charge on any atom is 0.249 e. The second kappa shape index (κ2) is 5.95. The van der Waals surface area contributed by atoms with Crippen LogP contribution < -0.4 is 5.73 Å². The Morgan fingerprint density at radius 1 is 1.58 bits per heavy atom. The van der Waals surface area contributed by atoms with Crippen LogP contribution in [-0.4, -0.2) is 22.8 Å². The predicted octanol–water partition coefficient (Wildman–Crippen LogP) is 2.44. The van der Waals surface area contributed by atoms with E-state index in [1.54, 1.807) is 22.9 Å². The Bertz CT molecular complexity index is 553. The molecule has 1 amide bonds. The molecule has 2 N–H and O–H groups in total. The van der Waals surface area contributed by atoms with Crippen molar-refractivity contribution in [2.45, 2.75) is 19.5 Å². The SMILES string of the molecule is CC(c1cccnc1)N(C)Cc1cc(C(N)=O)cs1. The Kier molecular flexibility index (Phi) is 4.29. The van der Waals surface area contributed by atoms with E-state index in [1.165, 1.54) is 5.56 Å². The summed E-state index contributed by atoms with van der Waals surface area (Å²) < 4.78 is 0. The van der Waals surface area contributed by atoms with E-state index in [2.05, 4.69) is 29.9 Å². The lowest BCUT2D eigenvalue weighted by Gasteiger charge is -2.24. The number of hydrogen-bond donors (Lipinski definition) is 1. The fourth-order valence-corrected chi connectivity index (χ4v) is 2.79. The normalized spacial score (nSPS) is 12.6. The molecule has 0 saturated carbocycles. The number of nitrogens with two attached hydrogens (primary N) is 1. The smallest absolute Gasteiger partial charge is 0.249 e. The number of thiophene rings is 1. The van der Waals surface area contributed by atoms with Crippen molar-refractivity contribution in [1.82, 2.24) is 9.88 Å². The van der Waals surface area contributed by atoms with Gasteiger partial charge in [0.1, 0.15) is 0 Å². The zero-order valence-electron chi connectivity index (χ0n) is 11.0. The summed E-state index contributed by atoms with van der Waals surface area (Å²) in [5.41, 5.74) is 7.02. The van der Waals surface area contributed by atoms with Crippen molar-refractivity contribution >= 4 is 17.2 Å². The van der Waals surface area contributed by atoms with Crippen molar-refractivity contribution in [2.24, 2.45) is 5.73 Å². The van der Waals surface area contributed by atoms with Crippen LogP contribution in [0.25, 0.3) is 0 Å². The third kappa shape index (κ3) is 3.39. The van der Waals surface area contributed by atoms with Crippen LogP contribution in [0.3, 0.4) is 0 Å². The maximum absolute atomic E-state index is 11.1. The minimum absolute atomic E-state index is 0.271. The van der Waals surface area contributed by atoms with Crippen LogP contribution in [0.4, 0.5) is 0 Å². The van der Waals surface area contributed by atoms with Crippen LogP contribution in [0.2, 0.25) is 0 Å². The molecule has 0 saturated heterocycles. The van der Waals surface area contributed by atoms with E-state index in [4.69, 9.17) is 5.73 Å². The molecule has 0 fully saturated rings. The second-order valence-corrected chi connectivity index (χ2v) is 5.54. The van der Waals surface area contributed by atoms with Gasteiger partial charge in [-0.25, -0.2) is 0 Å². The molecule has 2 heterocycles. The molecular formula is C14H17N3OS. The minimum atomic E-state index is -0.370. The summed E-state index contributed by atoms with van der Waals surface area (Å²) in [6.45, 7) is 2.92. The Morgan fingerprint density at radius 2 is 2.37 bits per heavy atom. The van der Waals surface area contributed by atoms with Gasteiger partial charge in [-0.1, -0.05) is 6.07 Å². The summed E-state index contributed by atoms with van der Waals surface area (Å²) in [5.74, 6) is -0.370. The number of carbonyl (C=O) groups is 1. The van der Waals surface area contributed by atoms with Crippen molar-refractivity contribution in [3.8, 4) is 0 Å². The third-order valence-corrected chi connectivity index (χ3v) is 4.09. The number of nitrogens with zero attached hydrogens (tertiary/aromatic N) is 2. The van der Waals surface area contributed by atoms with Crippen LogP contribution in [-0.2, 0) is 6.54 Å². The molecule has 0 aliphatic heterocycles. The van der Waals surface area contributed by atoms with Gasteiger partial charge in [0.05, 0.1) is 5.56 Å². The van der Waals surface area contributed by atoms with Gasteiger partial charge in [0.2, 0.25) is 5.91 Å². The number of rotatable bonds is 5. The summed E-state index contributed by atoms with van der Waals surface area (Å²) in [7, 11) is 2.06. The molecule has 100 valence electrons. The first-order chi connectivity index (χ1) is 9.08. The Morgan fingerprint density at radius 3 is 2.95 bits per heavy atom.